The van der Waals surface area contributed by atoms with Crippen LogP contribution in [0.2, 0.25) is 0 Å². The van der Waals surface area contributed by atoms with E-state index in [2.05, 4.69) is 78.1 Å². The van der Waals surface area contributed by atoms with Crippen LogP contribution < -0.4 is 10.2 Å². The Morgan fingerprint density at radius 3 is 2.42 bits per heavy atom. The van der Waals surface area contributed by atoms with Crippen LogP contribution in [0.15, 0.2) is 48.7 Å². The zero-order valence-electron chi connectivity index (χ0n) is 21.6. The maximum absolute atomic E-state index is 11.8. The summed E-state index contributed by atoms with van der Waals surface area (Å²) in [5, 5.41) is 10.9. The van der Waals surface area contributed by atoms with Crippen molar-refractivity contribution in [2.24, 2.45) is 0 Å². The standard InChI is InChI=1S/C28H35N7O/c1-5-24(6-2)35-26-25(18-29-35)31-28(34-15-13-33(14-16-34)20(4)36)32-27(26)30-19(3)22-12-11-21-9-7-8-10-23(21)17-22/h7-12,17-19,24H,5-6,13-16H2,1-4H3,(H,30,31,32)/t19-/m1/s1. The van der Waals surface area contributed by atoms with Crippen molar-refractivity contribution < 1.29 is 4.79 Å². The van der Waals surface area contributed by atoms with Gasteiger partial charge in [0.05, 0.1) is 18.3 Å². The molecule has 0 aliphatic carbocycles. The van der Waals surface area contributed by atoms with Crippen molar-refractivity contribution in [2.75, 3.05) is 36.4 Å². The highest BCUT2D eigenvalue weighted by atomic mass is 16.2. The third-order valence-electron chi connectivity index (χ3n) is 7.36. The second-order valence-corrected chi connectivity index (χ2v) is 9.63. The smallest absolute Gasteiger partial charge is 0.228 e. The van der Waals surface area contributed by atoms with Gasteiger partial charge in [0.15, 0.2) is 5.82 Å². The lowest BCUT2D eigenvalue weighted by molar-refractivity contribution is -0.129. The molecular weight excluding hydrogens is 450 g/mol. The molecule has 1 saturated heterocycles. The number of amides is 1. The van der Waals surface area contributed by atoms with Gasteiger partial charge in [0.25, 0.3) is 0 Å². The number of fused-ring (bicyclic) bond motifs is 2. The van der Waals surface area contributed by atoms with Crippen LogP contribution in [0, 0.1) is 0 Å². The molecular formula is C28H35N7O. The third kappa shape index (κ3) is 4.59. The van der Waals surface area contributed by atoms with Crippen molar-refractivity contribution >= 4 is 39.5 Å². The molecule has 0 bridgehead atoms. The quantitative estimate of drug-likeness (QED) is 0.388. The minimum Gasteiger partial charge on any atom is -0.362 e. The Balaban J connectivity index is 1.52. The first-order valence-corrected chi connectivity index (χ1v) is 13.0. The monoisotopic (exact) mass is 485 g/mol. The van der Waals surface area contributed by atoms with Crippen molar-refractivity contribution in [3.63, 3.8) is 0 Å². The van der Waals surface area contributed by atoms with Gasteiger partial charge in [-0.1, -0.05) is 50.2 Å². The summed E-state index contributed by atoms with van der Waals surface area (Å²) < 4.78 is 2.09. The summed E-state index contributed by atoms with van der Waals surface area (Å²) in [5.74, 6) is 1.60. The Bertz CT molecular complexity index is 1370. The molecule has 1 amide bonds. The predicted molar refractivity (Wildman–Crippen MR) is 145 cm³/mol. The molecule has 8 nitrogen and oxygen atoms in total. The molecule has 36 heavy (non-hydrogen) atoms. The number of aromatic nitrogens is 4. The highest BCUT2D eigenvalue weighted by molar-refractivity contribution is 5.87. The lowest BCUT2D eigenvalue weighted by atomic mass is 10.0. The number of piperazine rings is 1. The summed E-state index contributed by atoms with van der Waals surface area (Å²) in [6.07, 6.45) is 3.83. The van der Waals surface area contributed by atoms with Crippen LogP contribution in [0.4, 0.5) is 11.8 Å². The summed E-state index contributed by atoms with van der Waals surface area (Å²) in [6, 6.07) is 15.3. The topological polar surface area (TPSA) is 79.2 Å². The molecule has 0 spiro atoms. The van der Waals surface area contributed by atoms with Gasteiger partial charge in [-0.3, -0.25) is 9.48 Å². The Hall–Kier alpha value is -3.68. The number of nitrogens with zero attached hydrogens (tertiary/aromatic N) is 6. The van der Waals surface area contributed by atoms with Gasteiger partial charge in [0.1, 0.15) is 11.0 Å². The highest BCUT2D eigenvalue weighted by Crippen LogP contribution is 2.31. The minimum absolute atomic E-state index is 0.0418. The van der Waals surface area contributed by atoms with E-state index < -0.39 is 0 Å². The maximum atomic E-state index is 11.8. The molecule has 4 aromatic rings. The lowest BCUT2D eigenvalue weighted by Crippen LogP contribution is -2.48. The van der Waals surface area contributed by atoms with Gasteiger partial charge in [0, 0.05) is 33.1 Å². The van der Waals surface area contributed by atoms with Crippen molar-refractivity contribution in [2.45, 2.75) is 52.6 Å². The van der Waals surface area contributed by atoms with E-state index in [4.69, 9.17) is 15.1 Å². The second-order valence-electron chi connectivity index (χ2n) is 9.63. The van der Waals surface area contributed by atoms with Gasteiger partial charge >= 0.3 is 0 Å². The van der Waals surface area contributed by atoms with Crippen molar-refractivity contribution in [1.82, 2.24) is 24.6 Å². The van der Waals surface area contributed by atoms with Crippen molar-refractivity contribution in [3.05, 3.63) is 54.2 Å². The molecule has 2 aromatic carbocycles. The van der Waals surface area contributed by atoms with E-state index in [9.17, 15) is 4.79 Å². The molecule has 8 heteroatoms. The van der Waals surface area contributed by atoms with Gasteiger partial charge in [-0.25, -0.2) is 4.98 Å². The minimum atomic E-state index is 0.0418. The SMILES string of the molecule is CCC(CC)n1ncc2nc(N3CCN(C(C)=O)CC3)nc(N[C@H](C)c3ccc4ccccc4c3)c21. The molecule has 188 valence electrons. The Labute approximate surface area is 212 Å². The fourth-order valence-electron chi connectivity index (χ4n) is 5.09. The number of hydrogen-bond donors (Lipinski definition) is 1. The fraction of sp³-hybridized carbons (Fsp3) is 0.429. The fourth-order valence-corrected chi connectivity index (χ4v) is 5.09. The first-order valence-electron chi connectivity index (χ1n) is 13.0. The van der Waals surface area contributed by atoms with E-state index in [1.54, 1.807) is 6.92 Å². The molecule has 5 rings (SSSR count). The molecule has 0 radical (unpaired) electrons. The number of carbonyl (C=O) groups excluding carboxylic acids is 1. The molecule has 0 unspecified atom stereocenters. The van der Waals surface area contributed by atoms with Gasteiger partial charge < -0.3 is 15.1 Å². The third-order valence-corrected chi connectivity index (χ3v) is 7.36. The molecule has 1 fully saturated rings. The highest BCUT2D eigenvalue weighted by Gasteiger charge is 2.24. The van der Waals surface area contributed by atoms with Crippen molar-refractivity contribution in [1.29, 1.82) is 0 Å². The number of anilines is 2. The zero-order chi connectivity index (χ0) is 25.2. The number of nitrogens with one attached hydrogen (secondary N) is 1. The van der Waals surface area contributed by atoms with Gasteiger partial charge in [-0.2, -0.15) is 10.1 Å². The van der Waals surface area contributed by atoms with Crippen LogP contribution in [0.25, 0.3) is 21.8 Å². The first-order chi connectivity index (χ1) is 17.5. The number of hydrogen-bond acceptors (Lipinski definition) is 6. The van der Waals surface area contributed by atoms with E-state index in [0.717, 1.165) is 29.7 Å². The number of rotatable bonds is 7. The largest absolute Gasteiger partial charge is 0.362 e. The zero-order valence-corrected chi connectivity index (χ0v) is 21.6. The molecule has 3 heterocycles. The van der Waals surface area contributed by atoms with Crippen LogP contribution in [-0.4, -0.2) is 56.7 Å². The Morgan fingerprint density at radius 1 is 1.00 bits per heavy atom. The summed E-state index contributed by atoms with van der Waals surface area (Å²) in [6.45, 7) is 11.0. The summed E-state index contributed by atoms with van der Waals surface area (Å²) >= 11 is 0. The molecule has 0 saturated carbocycles. The second kappa shape index (κ2) is 10.1. The normalized spacial score (nSPS) is 15.1. The lowest BCUT2D eigenvalue weighted by Gasteiger charge is -2.34. The molecule has 1 aliphatic heterocycles. The molecule has 1 aliphatic rings. The maximum Gasteiger partial charge on any atom is 0.228 e. The number of carbonyl (C=O) groups is 1. The van der Waals surface area contributed by atoms with Crippen LogP contribution in [0.1, 0.15) is 58.2 Å². The van der Waals surface area contributed by atoms with Gasteiger partial charge in [-0.15, -0.1) is 0 Å². The van der Waals surface area contributed by atoms with E-state index >= 15 is 0 Å². The first kappa shape index (κ1) is 24.0. The van der Waals surface area contributed by atoms with E-state index in [-0.39, 0.29) is 18.0 Å². The Kier molecular flexibility index (Phi) is 6.76. The summed E-state index contributed by atoms with van der Waals surface area (Å²) in [5.41, 5.74) is 2.99. The van der Waals surface area contributed by atoms with E-state index in [1.807, 2.05) is 11.1 Å². The molecule has 1 atom stereocenters. The van der Waals surface area contributed by atoms with Crippen LogP contribution in [-0.2, 0) is 4.79 Å². The number of benzene rings is 2. The average molecular weight is 486 g/mol. The summed E-state index contributed by atoms with van der Waals surface area (Å²) in [4.78, 5) is 25.8. The van der Waals surface area contributed by atoms with E-state index in [0.29, 0.717) is 32.1 Å². The van der Waals surface area contributed by atoms with Gasteiger partial charge in [0.2, 0.25) is 11.9 Å². The average Bonchev–Trinajstić information content (AvgIpc) is 3.33. The molecule has 1 N–H and O–H groups in total. The summed E-state index contributed by atoms with van der Waals surface area (Å²) in [7, 11) is 0. The van der Waals surface area contributed by atoms with Crippen LogP contribution in [0.3, 0.4) is 0 Å². The van der Waals surface area contributed by atoms with Gasteiger partial charge in [-0.05, 0) is 42.2 Å². The van der Waals surface area contributed by atoms with Crippen molar-refractivity contribution in [3.8, 4) is 0 Å². The molecule has 2 aromatic heterocycles. The predicted octanol–water partition coefficient (Wildman–Crippen LogP) is 5.18. The van der Waals surface area contributed by atoms with E-state index in [1.165, 1.54) is 16.3 Å². The Morgan fingerprint density at radius 2 is 1.72 bits per heavy atom. The van der Waals surface area contributed by atoms with Crippen LogP contribution >= 0.6 is 0 Å². The van der Waals surface area contributed by atoms with Crippen LogP contribution in [0.5, 0.6) is 0 Å².